The van der Waals surface area contributed by atoms with Crippen molar-refractivity contribution in [2.45, 2.75) is 20.3 Å². The zero-order chi connectivity index (χ0) is 18.2. The summed E-state index contributed by atoms with van der Waals surface area (Å²) in [5, 5.41) is 0. The number of carbonyl (C=O) groups excluding carboxylic acids is 3. The van der Waals surface area contributed by atoms with Crippen LogP contribution in [0, 0.1) is 49.4 Å². The number of nitrogens with zero attached hydrogens (tertiary/aromatic N) is 1. The second-order valence-electron chi connectivity index (χ2n) is 8.16. The zero-order valence-electron chi connectivity index (χ0n) is 14.8. The molecule has 4 aliphatic carbocycles. The fourth-order valence-corrected chi connectivity index (χ4v) is 5.28. The summed E-state index contributed by atoms with van der Waals surface area (Å²) in [6, 6.07) is 5.62. The van der Waals surface area contributed by atoms with E-state index in [1.807, 2.05) is 26.0 Å². The highest BCUT2D eigenvalue weighted by Gasteiger charge is 2.67. The maximum Gasteiger partial charge on any atom is 0.331 e. The van der Waals surface area contributed by atoms with Gasteiger partial charge >= 0.3 is 5.97 Å². The van der Waals surface area contributed by atoms with Crippen LogP contribution in [0.3, 0.4) is 0 Å². The zero-order valence-corrected chi connectivity index (χ0v) is 14.8. The lowest BCUT2D eigenvalue weighted by Gasteiger charge is -2.37. The van der Waals surface area contributed by atoms with Gasteiger partial charge in [0.25, 0.3) is 0 Å². The Kier molecular flexibility index (Phi) is 3.21. The minimum absolute atomic E-state index is 0.173. The van der Waals surface area contributed by atoms with Crippen LogP contribution in [0.15, 0.2) is 30.4 Å². The van der Waals surface area contributed by atoms with E-state index < -0.39 is 5.97 Å². The number of benzene rings is 1. The van der Waals surface area contributed by atoms with Gasteiger partial charge in [-0.15, -0.1) is 0 Å². The molecule has 1 aliphatic heterocycles. The minimum atomic E-state index is -0.565. The number of amides is 2. The largest absolute Gasteiger partial charge is 0.425 e. The van der Waals surface area contributed by atoms with Crippen LogP contribution in [0.4, 0.5) is 0 Å². The maximum absolute atomic E-state index is 12.9. The van der Waals surface area contributed by atoms with Crippen molar-refractivity contribution >= 4 is 17.8 Å². The number of likely N-dealkylation sites (tertiary alicyclic amines) is 1. The molecule has 0 unspecified atom stereocenters. The van der Waals surface area contributed by atoms with Gasteiger partial charge in [-0.3, -0.25) is 14.5 Å². The first-order chi connectivity index (χ1) is 12.5. The van der Waals surface area contributed by atoms with Crippen LogP contribution in [0.5, 0.6) is 5.75 Å². The molecule has 0 aromatic heterocycles. The molecule has 0 spiro atoms. The van der Waals surface area contributed by atoms with Crippen LogP contribution in [-0.2, 0) is 14.4 Å². The van der Waals surface area contributed by atoms with Crippen molar-refractivity contribution < 1.29 is 19.1 Å². The van der Waals surface area contributed by atoms with Gasteiger partial charge in [-0.2, -0.15) is 0 Å². The molecular weight excluding hydrogens is 330 g/mol. The monoisotopic (exact) mass is 351 g/mol. The third-order valence-corrected chi connectivity index (χ3v) is 6.61. The van der Waals surface area contributed by atoms with Gasteiger partial charge in [0, 0.05) is 0 Å². The van der Waals surface area contributed by atoms with Crippen molar-refractivity contribution in [3.05, 3.63) is 41.5 Å². The molecule has 1 saturated heterocycles. The van der Waals surface area contributed by atoms with Crippen molar-refractivity contribution in [1.82, 2.24) is 4.90 Å². The van der Waals surface area contributed by atoms with E-state index in [0.717, 1.165) is 22.4 Å². The normalized spacial score (nSPS) is 36.2. The predicted octanol–water partition coefficient (Wildman–Crippen LogP) is 2.26. The van der Waals surface area contributed by atoms with Gasteiger partial charge in [0.05, 0.1) is 11.8 Å². The molecule has 5 nitrogen and oxygen atoms in total. The number of rotatable bonds is 3. The molecule has 2 bridgehead atoms. The first-order valence-electron chi connectivity index (χ1n) is 9.27. The van der Waals surface area contributed by atoms with Crippen molar-refractivity contribution in [2.24, 2.45) is 35.5 Å². The maximum atomic E-state index is 12.9. The lowest BCUT2D eigenvalue weighted by Crippen LogP contribution is -2.40. The quantitative estimate of drug-likeness (QED) is 0.363. The molecule has 134 valence electrons. The summed E-state index contributed by atoms with van der Waals surface area (Å²) in [5.74, 6) is 0.460. The molecule has 5 aliphatic rings. The van der Waals surface area contributed by atoms with Crippen LogP contribution in [0.2, 0.25) is 0 Å². The molecule has 0 N–H and O–H groups in total. The van der Waals surface area contributed by atoms with Gasteiger partial charge < -0.3 is 4.74 Å². The average molecular weight is 351 g/mol. The number of carbonyl (C=O) groups is 3. The van der Waals surface area contributed by atoms with E-state index in [-0.39, 0.29) is 42.0 Å². The van der Waals surface area contributed by atoms with E-state index in [1.54, 1.807) is 6.07 Å². The van der Waals surface area contributed by atoms with E-state index >= 15 is 0 Å². The fourth-order valence-electron chi connectivity index (χ4n) is 5.28. The average Bonchev–Trinajstić information content (AvgIpc) is 3.39. The minimum Gasteiger partial charge on any atom is -0.425 e. The molecule has 1 aromatic rings. The Bertz CT molecular complexity index is 837. The van der Waals surface area contributed by atoms with Gasteiger partial charge in [-0.25, -0.2) is 4.79 Å². The highest BCUT2D eigenvalue weighted by Crippen LogP contribution is 2.65. The van der Waals surface area contributed by atoms with Crippen LogP contribution >= 0.6 is 0 Å². The van der Waals surface area contributed by atoms with Crippen molar-refractivity contribution in [3.63, 3.8) is 0 Å². The third kappa shape index (κ3) is 2.12. The molecule has 1 aromatic carbocycles. The Labute approximate surface area is 152 Å². The van der Waals surface area contributed by atoms with E-state index in [4.69, 9.17) is 4.74 Å². The molecule has 3 fully saturated rings. The number of hydrogen-bond acceptors (Lipinski definition) is 4. The van der Waals surface area contributed by atoms with Gasteiger partial charge in [0.1, 0.15) is 12.3 Å². The molecule has 0 radical (unpaired) electrons. The topological polar surface area (TPSA) is 63.7 Å². The summed E-state index contributed by atoms with van der Waals surface area (Å²) < 4.78 is 5.44. The molecule has 26 heavy (non-hydrogen) atoms. The highest BCUT2D eigenvalue weighted by molar-refractivity contribution is 6.08. The second kappa shape index (κ2) is 5.29. The van der Waals surface area contributed by atoms with Gasteiger partial charge in [-0.1, -0.05) is 24.3 Å². The van der Waals surface area contributed by atoms with Crippen LogP contribution < -0.4 is 4.74 Å². The summed E-state index contributed by atoms with van der Waals surface area (Å²) in [4.78, 5) is 39.3. The number of hydrogen-bond donors (Lipinski definition) is 0. The second-order valence-corrected chi connectivity index (χ2v) is 8.16. The van der Waals surface area contributed by atoms with E-state index in [0.29, 0.717) is 17.6 Å². The highest BCUT2D eigenvalue weighted by atomic mass is 16.5. The molecule has 2 saturated carbocycles. The Hall–Kier alpha value is -2.43. The number of allylic oxidation sites excluding steroid dienone is 2. The number of aryl methyl sites for hydroxylation is 2. The molecule has 5 heteroatoms. The van der Waals surface area contributed by atoms with E-state index in [2.05, 4.69) is 12.2 Å². The Morgan fingerprint density at radius 2 is 1.69 bits per heavy atom. The number of ether oxygens (including phenoxy) is 1. The molecular formula is C21H21NO4. The summed E-state index contributed by atoms with van der Waals surface area (Å²) >= 11 is 0. The Morgan fingerprint density at radius 1 is 1.08 bits per heavy atom. The van der Waals surface area contributed by atoms with Crippen LogP contribution in [0.1, 0.15) is 17.5 Å². The Balaban J connectivity index is 1.34. The number of imide groups is 1. The third-order valence-electron chi connectivity index (χ3n) is 6.61. The fraction of sp³-hybridized carbons (Fsp3) is 0.476. The molecule has 6 atom stereocenters. The summed E-state index contributed by atoms with van der Waals surface area (Å²) in [5.41, 5.74) is 1.83. The predicted molar refractivity (Wildman–Crippen MR) is 93.0 cm³/mol. The molecule has 6 rings (SSSR count). The van der Waals surface area contributed by atoms with Gasteiger partial charge in [0.15, 0.2) is 0 Å². The molecule has 2 amide bonds. The smallest absolute Gasteiger partial charge is 0.331 e. The van der Waals surface area contributed by atoms with E-state index in [9.17, 15) is 14.4 Å². The first-order valence-corrected chi connectivity index (χ1v) is 9.27. The summed E-state index contributed by atoms with van der Waals surface area (Å²) in [6.07, 6.45) is 5.39. The molecule has 1 heterocycles. The first kappa shape index (κ1) is 15.8. The summed E-state index contributed by atoms with van der Waals surface area (Å²) in [6.45, 7) is 3.48. The lowest BCUT2D eigenvalue weighted by molar-refractivity contribution is -0.148. The van der Waals surface area contributed by atoms with Crippen molar-refractivity contribution in [3.8, 4) is 5.75 Å². The van der Waals surface area contributed by atoms with Gasteiger partial charge in [0.2, 0.25) is 11.8 Å². The standard InChI is InChI=1S/C21H21NO4/c1-10-3-4-11(2)16(7-10)26-17(23)9-22-20(24)18-12-5-6-13(15-8-14(12)15)19(18)21(22)25/h3-7,12-15,18-19H,8-9H2,1-2H3/t12-,13-,14-,15-,18+,19+/m0/s1. The van der Waals surface area contributed by atoms with Crippen molar-refractivity contribution in [1.29, 1.82) is 0 Å². The van der Waals surface area contributed by atoms with Crippen molar-refractivity contribution in [2.75, 3.05) is 6.54 Å². The Morgan fingerprint density at radius 3 is 2.31 bits per heavy atom. The van der Waals surface area contributed by atoms with E-state index in [1.165, 1.54) is 0 Å². The van der Waals surface area contributed by atoms with Crippen LogP contribution in [-0.4, -0.2) is 29.2 Å². The van der Waals surface area contributed by atoms with Gasteiger partial charge in [-0.05, 0) is 61.1 Å². The number of esters is 1. The van der Waals surface area contributed by atoms with Crippen LogP contribution in [0.25, 0.3) is 0 Å². The SMILES string of the molecule is Cc1ccc(C)c(OC(=O)CN2C(=O)[C@@H]3[C@H]4C=C[C@@H]([C@@H]5C[C@@H]45)[C@H]3C2=O)c1. The summed E-state index contributed by atoms with van der Waals surface area (Å²) in [7, 11) is 0. The lowest BCUT2D eigenvalue weighted by atomic mass is 9.63.